The minimum absolute atomic E-state index is 0.0472. The molecule has 0 fully saturated rings. The molecule has 2 aromatic rings. The van der Waals surface area contributed by atoms with E-state index in [1.807, 2.05) is 11.8 Å². The van der Waals surface area contributed by atoms with Gasteiger partial charge in [0.05, 0.1) is 12.8 Å². The van der Waals surface area contributed by atoms with Crippen molar-refractivity contribution < 1.29 is 4.74 Å². The zero-order valence-corrected chi connectivity index (χ0v) is 12.8. The van der Waals surface area contributed by atoms with Crippen molar-refractivity contribution in [1.29, 1.82) is 0 Å². The third kappa shape index (κ3) is 2.79. The fraction of sp³-hybridized carbons (Fsp3) is 0.467. The Morgan fingerprint density at radius 2 is 2.27 bits per heavy atom. The Morgan fingerprint density at radius 1 is 1.41 bits per heavy atom. The highest BCUT2D eigenvalue weighted by molar-refractivity contribution is 5.37. The van der Waals surface area contributed by atoms with Gasteiger partial charge in [0.2, 0.25) is 11.8 Å². The quantitative estimate of drug-likeness (QED) is 0.839. The van der Waals surface area contributed by atoms with Gasteiger partial charge in [-0.05, 0) is 6.42 Å². The summed E-state index contributed by atoms with van der Waals surface area (Å²) in [7, 11) is 1.58. The maximum atomic E-state index is 12.1. The average molecular weight is 301 g/mol. The average Bonchev–Trinajstić information content (AvgIpc) is 2.55. The van der Waals surface area contributed by atoms with Crippen LogP contribution in [-0.4, -0.2) is 33.4 Å². The van der Waals surface area contributed by atoms with Crippen molar-refractivity contribution in [2.75, 3.05) is 18.6 Å². The van der Waals surface area contributed by atoms with Crippen LogP contribution < -0.4 is 15.2 Å². The number of hydrogen-bond donors (Lipinski definition) is 0. The molecule has 0 aromatic carbocycles. The predicted molar refractivity (Wildman–Crippen MR) is 82.1 cm³/mol. The Morgan fingerprint density at radius 3 is 3.05 bits per heavy atom. The van der Waals surface area contributed by atoms with Gasteiger partial charge in [-0.2, -0.15) is 10.1 Å². The first-order valence-corrected chi connectivity index (χ1v) is 7.43. The molecule has 1 aliphatic heterocycles. The third-order valence-electron chi connectivity index (χ3n) is 3.69. The van der Waals surface area contributed by atoms with Gasteiger partial charge in [-0.1, -0.05) is 6.92 Å². The lowest BCUT2D eigenvalue weighted by Gasteiger charge is -2.28. The molecule has 0 saturated heterocycles. The number of methoxy groups -OCH3 is 1. The van der Waals surface area contributed by atoms with E-state index >= 15 is 0 Å². The van der Waals surface area contributed by atoms with Crippen LogP contribution in [0.4, 0.5) is 5.95 Å². The number of ether oxygens (including phenoxy) is 1. The van der Waals surface area contributed by atoms with Gasteiger partial charge in [0.25, 0.3) is 5.56 Å². The highest BCUT2D eigenvalue weighted by Crippen LogP contribution is 2.20. The molecule has 3 heterocycles. The van der Waals surface area contributed by atoms with Crippen LogP contribution in [0, 0.1) is 0 Å². The van der Waals surface area contributed by atoms with Crippen molar-refractivity contribution in [2.24, 2.45) is 0 Å². The zero-order valence-electron chi connectivity index (χ0n) is 12.8. The first-order valence-electron chi connectivity index (χ1n) is 7.43. The summed E-state index contributed by atoms with van der Waals surface area (Å²) >= 11 is 0. The Balaban J connectivity index is 1.87. The van der Waals surface area contributed by atoms with Crippen LogP contribution in [0.5, 0.6) is 5.88 Å². The molecule has 116 valence electrons. The standard InChI is InChI=1S/C15H19N5O2/c1-3-7-20-14(21)9-11-10-19(8-5-12(11)18-20)15-16-6-4-13(17-15)22-2/h4,6,9H,3,5,7-8,10H2,1-2H3. The molecular formula is C15H19N5O2. The number of hydrogen-bond acceptors (Lipinski definition) is 6. The molecule has 0 saturated carbocycles. The van der Waals surface area contributed by atoms with Crippen molar-refractivity contribution in [3.63, 3.8) is 0 Å². The first kappa shape index (κ1) is 14.5. The van der Waals surface area contributed by atoms with Crippen LogP contribution in [0.1, 0.15) is 24.6 Å². The molecule has 7 nitrogen and oxygen atoms in total. The minimum Gasteiger partial charge on any atom is -0.481 e. The Bertz CT molecular complexity index is 728. The Kier molecular flexibility index (Phi) is 4.04. The highest BCUT2D eigenvalue weighted by Gasteiger charge is 2.21. The van der Waals surface area contributed by atoms with E-state index in [9.17, 15) is 4.79 Å². The smallest absolute Gasteiger partial charge is 0.267 e. The van der Waals surface area contributed by atoms with E-state index < -0.39 is 0 Å². The maximum Gasteiger partial charge on any atom is 0.267 e. The van der Waals surface area contributed by atoms with Crippen molar-refractivity contribution in [2.45, 2.75) is 32.9 Å². The van der Waals surface area contributed by atoms with E-state index in [0.717, 1.165) is 30.6 Å². The van der Waals surface area contributed by atoms with Crippen LogP contribution in [-0.2, 0) is 19.5 Å². The Labute approximate surface area is 128 Å². The molecule has 0 bridgehead atoms. The normalized spacial score (nSPS) is 13.8. The van der Waals surface area contributed by atoms with Gasteiger partial charge in [-0.25, -0.2) is 9.67 Å². The second kappa shape index (κ2) is 6.13. The Hall–Kier alpha value is -2.44. The monoisotopic (exact) mass is 301 g/mol. The fourth-order valence-electron chi connectivity index (χ4n) is 2.58. The number of rotatable bonds is 4. The van der Waals surface area contributed by atoms with Crippen molar-refractivity contribution >= 4 is 5.95 Å². The van der Waals surface area contributed by atoms with E-state index in [2.05, 4.69) is 15.1 Å². The molecular weight excluding hydrogens is 282 g/mol. The predicted octanol–water partition coefficient (Wildman–Crippen LogP) is 1.01. The van der Waals surface area contributed by atoms with Gasteiger partial charge in [-0.15, -0.1) is 0 Å². The van der Waals surface area contributed by atoms with Gasteiger partial charge in [0, 0.05) is 49.9 Å². The molecule has 0 amide bonds. The second-order valence-corrected chi connectivity index (χ2v) is 5.25. The van der Waals surface area contributed by atoms with E-state index in [1.54, 1.807) is 30.1 Å². The molecule has 0 unspecified atom stereocenters. The molecule has 0 radical (unpaired) electrons. The zero-order chi connectivity index (χ0) is 15.5. The topological polar surface area (TPSA) is 73.1 Å². The lowest BCUT2D eigenvalue weighted by Crippen LogP contribution is -2.35. The lowest BCUT2D eigenvalue weighted by atomic mass is 10.1. The maximum absolute atomic E-state index is 12.1. The second-order valence-electron chi connectivity index (χ2n) is 5.25. The number of anilines is 1. The summed E-state index contributed by atoms with van der Waals surface area (Å²) in [6.45, 7) is 4.07. The van der Waals surface area contributed by atoms with Gasteiger partial charge in [-0.3, -0.25) is 4.79 Å². The first-order chi connectivity index (χ1) is 10.7. The molecule has 0 atom stereocenters. The lowest BCUT2D eigenvalue weighted by molar-refractivity contribution is 0.396. The summed E-state index contributed by atoms with van der Waals surface area (Å²) in [5, 5.41) is 4.48. The molecule has 3 rings (SSSR count). The van der Waals surface area contributed by atoms with Gasteiger partial charge < -0.3 is 9.64 Å². The molecule has 0 spiro atoms. The molecule has 7 heteroatoms. The van der Waals surface area contributed by atoms with Crippen LogP contribution in [0.25, 0.3) is 0 Å². The summed E-state index contributed by atoms with van der Waals surface area (Å²) < 4.78 is 6.69. The third-order valence-corrected chi connectivity index (χ3v) is 3.69. The van der Waals surface area contributed by atoms with Gasteiger partial charge in [0.15, 0.2) is 0 Å². The van der Waals surface area contributed by atoms with Gasteiger partial charge >= 0.3 is 0 Å². The van der Waals surface area contributed by atoms with Crippen LogP contribution in [0.15, 0.2) is 23.1 Å². The van der Waals surface area contributed by atoms with E-state index in [4.69, 9.17) is 4.74 Å². The number of nitrogens with zero attached hydrogens (tertiary/aromatic N) is 5. The fourth-order valence-corrected chi connectivity index (χ4v) is 2.58. The highest BCUT2D eigenvalue weighted by atomic mass is 16.5. The summed E-state index contributed by atoms with van der Waals surface area (Å²) in [5.74, 6) is 1.15. The summed E-state index contributed by atoms with van der Waals surface area (Å²) in [6, 6.07) is 3.40. The minimum atomic E-state index is -0.0472. The molecule has 2 aromatic heterocycles. The molecule has 22 heavy (non-hydrogen) atoms. The van der Waals surface area contributed by atoms with Crippen molar-refractivity contribution in [1.82, 2.24) is 19.7 Å². The van der Waals surface area contributed by atoms with Crippen LogP contribution in [0.2, 0.25) is 0 Å². The molecule has 1 aliphatic rings. The number of fused-ring (bicyclic) bond motifs is 1. The van der Waals surface area contributed by atoms with Gasteiger partial charge in [0.1, 0.15) is 0 Å². The molecule has 0 aliphatic carbocycles. The van der Waals surface area contributed by atoms with E-state index in [1.165, 1.54) is 0 Å². The SMILES string of the molecule is CCCn1nc2c(cc1=O)CN(c1nccc(OC)n1)CC2. The largest absolute Gasteiger partial charge is 0.481 e. The van der Waals surface area contributed by atoms with E-state index in [-0.39, 0.29) is 5.56 Å². The number of aromatic nitrogens is 4. The summed E-state index contributed by atoms with van der Waals surface area (Å²) in [5.41, 5.74) is 1.90. The van der Waals surface area contributed by atoms with Crippen LogP contribution >= 0.6 is 0 Å². The van der Waals surface area contributed by atoms with Crippen molar-refractivity contribution in [3.8, 4) is 5.88 Å². The van der Waals surface area contributed by atoms with Crippen LogP contribution in [0.3, 0.4) is 0 Å². The van der Waals surface area contributed by atoms with Crippen molar-refractivity contribution in [3.05, 3.63) is 39.9 Å². The number of aryl methyl sites for hydroxylation is 1. The summed E-state index contributed by atoms with van der Waals surface area (Å²) in [6.07, 6.45) is 3.35. The summed E-state index contributed by atoms with van der Waals surface area (Å²) in [4.78, 5) is 22.7. The molecule has 0 N–H and O–H groups in total. The van der Waals surface area contributed by atoms with E-state index in [0.29, 0.717) is 24.9 Å².